The van der Waals surface area contributed by atoms with Gasteiger partial charge >= 0.3 is 5.97 Å². The van der Waals surface area contributed by atoms with Crippen LogP contribution in [0.4, 0.5) is 0 Å². The van der Waals surface area contributed by atoms with Gasteiger partial charge in [0, 0.05) is 12.8 Å². The lowest BCUT2D eigenvalue weighted by molar-refractivity contribution is -0.194. The number of amides is 2. The average molecular weight is 184 g/mol. The monoisotopic (exact) mass is 184 g/mol. The molecule has 1 saturated heterocycles. The highest BCUT2D eigenvalue weighted by Gasteiger charge is 2.32. The Kier molecular flexibility index (Phi) is 2.32. The number of hydrogen-bond acceptors (Lipinski definition) is 5. The first kappa shape index (κ1) is 9.24. The molecule has 13 heavy (non-hydrogen) atoms. The molecular weight excluding hydrogens is 176 g/mol. The van der Waals surface area contributed by atoms with Crippen LogP contribution in [0.2, 0.25) is 0 Å². The van der Waals surface area contributed by atoms with Gasteiger partial charge in [0.25, 0.3) is 11.8 Å². The van der Waals surface area contributed by atoms with E-state index in [0.29, 0.717) is 5.06 Å². The van der Waals surface area contributed by atoms with Crippen LogP contribution in [0.1, 0.15) is 12.8 Å². The van der Waals surface area contributed by atoms with E-state index in [9.17, 15) is 14.4 Å². The highest BCUT2D eigenvalue weighted by Crippen LogP contribution is 2.12. The summed E-state index contributed by atoms with van der Waals surface area (Å²) in [5.74, 6) is -2.07. The van der Waals surface area contributed by atoms with Crippen molar-refractivity contribution in [3.63, 3.8) is 0 Å². The summed E-state index contributed by atoms with van der Waals surface area (Å²) in [5.41, 5.74) is 4.63. The number of hydroxylamine groups is 2. The molecule has 70 valence electrons. The molecule has 0 aromatic heterocycles. The molecule has 1 heterocycles. The third-order valence-corrected chi connectivity index (χ3v) is 1.44. The Morgan fingerprint density at radius 3 is 2.23 bits per heavy atom. The van der Waals surface area contributed by atoms with E-state index < -0.39 is 17.8 Å². The van der Waals surface area contributed by atoms with Crippen LogP contribution in [0.5, 0.6) is 0 Å². The zero-order valence-corrected chi connectivity index (χ0v) is 6.78. The summed E-state index contributed by atoms with van der Waals surface area (Å²) < 4.78 is 0. The molecule has 0 bridgehead atoms. The maximum Gasteiger partial charge on any atom is 0.378 e. The summed E-state index contributed by atoms with van der Waals surface area (Å²) in [7, 11) is 0. The summed E-state index contributed by atoms with van der Waals surface area (Å²) in [5, 5.41) is 0.417. The van der Waals surface area contributed by atoms with Gasteiger partial charge in [0.05, 0.1) is 0 Å². The SMILES string of the molecule is C=C(N)C(=O)ON1C(=O)CCC1=O. The lowest BCUT2D eigenvalue weighted by atomic mass is 10.4. The molecule has 2 N–H and O–H groups in total. The molecule has 0 unspecified atom stereocenters. The van der Waals surface area contributed by atoms with Gasteiger partial charge in [-0.2, -0.15) is 0 Å². The Hall–Kier alpha value is -1.85. The van der Waals surface area contributed by atoms with Crippen LogP contribution in [-0.2, 0) is 19.2 Å². The number of hydrogen-bond donors (Lipinski definition) is 1. The fourth-order valence-electron chi connectivity index (χ4n) is 0.799. The van der Waals surface area contributed by atoms with Crippen molar-refractivity contribution in [2.24, 2.45) is 5.73 Å². The van der Waals surface area contributed by atoms with Gasteiger partial charge < -0.3 is 10.6 Å². The number of nitrogens with two attached hydrogens (primary N) is 1. The first-order valence-electron chi connectivity index (χ1n) is 3.55. The molecule has 0 spiro atoms. The van der Waals surface area contributed by atoms with Crippen molar-refractivity contribution in [2.75, 3.05) is 0 Å². The molecular formula is C7H8N2O4. The quantitative estimate of drug-likeness (QED) is 0.442. The molecule has 6 heteroatoms. The fraction of sp³-hybridized carbons (Fsp3) is 0.286. The van der Waals surface area contributed by atoms with Crippen LogP contribution in [0.15, 0.2) is 12.3 Å². The summed E-state index contributed by atoms with van der Waals surface area (Å²) in [6.45, 7) is 3.10. The topological polar surface area (TPSA) is 89.7 Å². The van der Waals surface area contributed by atoms with Crippen LogP contribution in [-0.4, -0.2) is 22.8 Å². The van der Waals surface area contributed by atoms with Gasteiger partial charge in [-0.25, -0.2) is 4.79 Å². The van der Waals surface area contributed by atoms with Crippen molar-refractivity contribution >= 4 is 17.8 Å². The van der Waals surface area contributed by atoms with Crippen molar-refractivity contribution < 1.29 is 19.2 Å². The van der Waals surface area contributed by atoms with Crippen molar-refractivity contribution in [1.82, 2.24) is 5.06 Å². The van der Waals surface area contributed by atoms with E-state index in [0.717, 1.165) is 0 Å². The first-order valence-corrected chi connectivity index (χ1v) is 3.55. The summed E-state index contributed by atoms with van der Waals surface area (Å²) in [4.78, 5) is 37.0. The van der Waals surface area contributed by atoms with Gasteiger partial charge in [-0.15, -0.1) is 5.06 Å². The zero-order chi connectivity index (χ0) is 10.0. The fourth-order valence-corrected chi connectivity index (χ4v) is 0.799. The molecule has 0 atom stereocenters. The lowest BCUT2D eigenvalue weighted by Crippen LogP contribution is -2.33. The van der Waals surface area contributed by atoms with Gasteiger partial charge in [0.1, 0.15) is 5.70 Å². The Labute approximate surface area is 73.9 Å². The number of carbonyl (C=O) groups excluding carboxylic acids is 3. The smallest absolute Gasteiger partial charge is 0.378 e. The van der Waals surface area contributed by atoms with Gasteiger partial charge in [-0.1, -0.05) is 6.58 Å². The predicted octanol–water partition coefficient (Wildman–Crippen LogP) is -0.934. The van der Waals surface area contributed by atoms with Gasteiger partial charge in [0.15, 0.2) is 0 Å². The normalized spacial score (nSPS) is 16.2. The second-order valence-electron chi connectivity index (χ2n) is 2.49. The molecule has 2 amide bonds. The van der Waals surface area contributed by atoms with E-state index in [1.165, 1.54) is 0 Å². The van der Waals surface area contributed by atoms with Crippen molar-refractivity contribution in [3.05, 3.63) is 12.3 Å². The Morgan fingerprint density at radius 1 is 1.38 bits per heavy atom. The summed E-state index contributed by atoms with van der Waals surface area (Å²) >= 11 is 0. The van der Waals surface area contributed by atoms with E-state index in [2.05, 4.69) is 11.4 Å². The van der Waals surface area contributed by atoms with Crippen LogP contribution in [0.3, 0.4) is 0 Å². The maximum atomic E-state index is 10.9. The third kappa shape index (κ3) is 1.84. The minimum Gasteiger partial charge on any atom is -0.393 e. The minimum atomic E-state index is -0.983. The lowest BCUT2D eigenvalue weighted by Gasteiger charge is -2.11. The van der Waals surface area contributed by atoms with Crippen molar-refractivity contribution in [2.45, 2.75) is 12.8 Å². The minimum absolute atomic E-state index is 0.0587. The Bertz CT molecular complexity index is 281. The number of carbonyl (C=O) groups is 3. The molecule has 0 saturated carbocycles. The maximum absolute atomic E-state index is 10.9. The van der Waals surface area contributed by atoms with Crippen molar-refractivity contribution in [3.8, 4) is 0 Å². The first-order chi connectivity index (χ1) is 6.02. The van der Waals surface area contributed by atoms with Crippen LogP contribution >= 0.6 is 0 Å². The third-order valence-electron chi connectivity index (χ3n) is 1.44. The second-order valence-corrected chi connectivity index (χ2v) is 2.49. The van der Waals surface area contributed by atoms with Gasteiger partial charge in [0.2, 0.25) is 0 Å². The average Bonchev–Trinajstić information content (AvgIpc) is 2.35. The van der Waals surface area contributed by atoms with Crippen LogP contribution in [0.25, 0.3) is 0 Å². The largest absolute Gasteiger partial charge is 0.393 e. The summed E-state index contributed by atoms with van der Waals surface area (Å²) in [6.07, 6.45) is 0.117. The van der Waals surface area contributed by atoms with Gasteiger partial charge in [-0.3, -0.25) is 9.59 Å². The number of rotatable bonds is 2. The van der Waals surface area contributed by atoms with Gasteiger partial charge in [-0.05, 0) is 0 Å². The second kappa shape index (κ2) is 3.26. The summed E-state index contributed by atoms with van der Waals surface area (Å²) in [6, 6.07) is 0. The molecule has 0 aromatic carbocycles. The molecule has 0 radical (unpaired) electrons. The van der Waals surface area contributed by atoms with Crippen molar-refractivity contribution in [1.29, 1.82) is 0 Å². The zero-order valence-electron chi connectivity index (χ0n) is 6.78. The van der Waals surface area contributed by atoms with E-state index in [1.54, 1.807) is 0 Å². The van der Waals surface area contributed by atoms with E-state index in [-0.39, 0.29) is 18.5 Å². The number of imide groups is 1. The predicted molar refractivity (Wildman–Crippen MR) is 40.5 cm³/mol. The highest BCUT2D eigenvalue weighted by atomic mass is 16.7. The Balaban J connectivity index is 2.63. The van der Waals surface area contributed by atoms with Crippen LogP contribution in [0, 0.1) is 0 Å². The molecule has 1 aliphatic rings. The van der Waals surface area contributed by atoms with E-state index >= 15 is 0 Å². The molecule has 0 aromatic rings. The standard InChI is InChI=1S/C7H8N2O4/c1-4(8)7(12)13-9-5(10)2-3-6(9)11/h1-3,8H2. The number of nitrogens with zero attached hydrogens (tertiary/aromatic N) is 1. The molecule has 1 rings (SSSR count). The highest BCUT2D eigenvalue weighted by molar-refractivity contribution is 6.02. The van der Waals surface area contributed by atoms with E-state index in [1.807, 2.05) is 0 Å². The molecule has 1 fully saturated rings. The molecule has 6 nitrogen and oxygen atoms in total. The molecule has 0 aliphatic carbocycles. The van der Waals surface area contributed by atoms with E-state index in [4.69, 9.17) is 5.73 Å². The Morgan fingerprint density at radius 2 is 1.85 bits per heavy atom. The van der Waals surface area contributed by atoms with Crippen LogP contribution < -0.4 is 5.73 Å². The molecule has 1 aliphatic heterocycles.